The van der Waals surface area contributed by atoms with E-state index < -0.39 is 0 Å². The Morgan fingerprint density at radius 2 is 2.32 bits per heavy atom. The molecule has 2 heterocycles. The number of nitrogens with two attached hydrogens (primary N) is 1. The Bertz CT molecular complexity index is 524. The molecule has 0 unspecified atom stereocenters. The minimum atomic E-state index is -0.359. The van der Waals surface area contributed by atoms with Gasteiger partial charge < -0.3 is 19.9 Å². The minimum absolute atomic E-state index is 0.0584. The molecule has 0 aliphatic carbocycles. The van der Waals surface area contributed by atoms with E-state index in [0.717, 1.165) is 5.56 Å². The van der Waals surface area contributed by atoms with Gasteiger partial charge in [0.2, 0.25) is 0 Å². The van der Waals surface area contributed by atoms with Crippen LogP contribution in [0.4, 0.5) is 4.79 Å². The number of aromatic nitrogens is 1. The van der Waals surface area contributed by atoms with Crippen molar-refractivity contribution in [2.45, 2.75) is 26.4 Å². The Morgan fingerprint density at radius 3 is 3.00 bits per heavy atom. The van der Waals surface area contributed by atoms with E-state index in [1.54, 1.807) is 22.6 Å². The summed E-state index contributed by atoms with van der Waals surface area (Å²) in [6, 6.07) is 1.94. The number of carbonyl (C=O) groups excluding carboxylic acids is 1. The van der Waals surface area contributed by atoms with Gasteiger partial charge in [-0.2, -0.15) is 0 Å². The van der Waals surface area contributed by atoms with Crippen LogP contribution in [0.15, 0.2) is 17.1 Å². The normalized spacial score (nSPS) is 14.1. The molecule has 2 N–H and O–H groups in total. The predicted octanol–water partition coefficient (Wildman–Crippen LogP) is 0.322. The van der Waals surface area contributed by atoms with Crippen LogP contribution in [0.25, 0.3) is 0 Å². The summed E-state index contributed by atoms with van der Waals surface area (Å²) in [6.07, 6.45) is 2.10. The maximum atomic E-state index is 12.3. The molecule has 0 aromatic carbocycles. The molecular weight excluding hydrogens is 246 g/mol. The number of ether oxygens (including phenoxy) is 1. The molecule has 1 amide bonds. The highest BCUT2D eigenvalue weighted by molar-refractivity contribution is 5.68. The summed E-state index contributed by atoms with van der Waals surface area (Å²) in [6.45, 7) is 3.93. The number of rotatable bonds is 3. The predicted molar refractivity (Wildman–Crippen MR) is 70.9 cm³/mol. The molecule has 1 aromatic rings. The third kappa shape index (κ3) is 2.78. The zero-order chi connectivity index (χ0) is 13.8. The van der Waals surface area contributed by atoms with E-state index in [2.05, 4.69) is 0 Å². The summed E-state index contributed by atoms with van der Waals surface area (Å²) in [5.41, 5.74) is 7.11. The third-order valence-electron chi connectivity index (χ3n) is 3.26. The van der Waals surface area contributed by atoms with E-state index >= 15 is 0 Å². The number of hydrogen-bond donors (Lipinski definition) is 1. The lowest BCUT2D eigenvalue weighted by molar-refractivity contribution is 0.102. The van der Waals surface area contributed by atoms with Crippen LogP contribution in [0, 0.1) is 0 Å². The quantitative estimate of drug-likeness (QED) is 0.854. The largest absolute Gasteiger partial charge is 0.450 e. The van der Waals surface area contributed by atoms with Gasteiger partial charge in [0.25, 0.3) is 5.56 Å². The van der Waals surface area contributed by atoms with Crippen molar-refractivity contribution in [1.29, 1.82) is 0 Å². The van der Waals surface area contributed by atoms with E-state index in [-0.39, 0.29) is 11.7 Å². The van der Waals surface area contributed by atoms with Gasteiger partial charge in [0, 0.05) is 31.4 Å². The smallest absolute Gasteiger partial charge is 0.410 e. The van der Waals surface area contributed by atoms with E-state index in [1.807, 2.05) is 6.07 Å². The molecule has 0 atom stereocenters. The van der Waals surface area contributed by atoms with E-state index in [9.17, 15) is 9.59 Å². The lowest BCUT2D eigenvalue weighted by atomic mass is 10.0. The van der Waals surface area contributed by atoms with Crippen LogP contribution < -0.4 is 11.3 Å². The van der Waals surface area contributed by atoms with Crippen molar-refractivity contribution in [3.63, 3.8) is 0 Å². The Labute approximate surface area is 111 Å². The van der Waals surface area contributed by atoms with Gasteiger partial charge >= 0.3 is 6.09 Å². The van der Waals surface area contributed by atoms with Crippen molar-refractivity contribution >= 4 is 6.09 Å². The van der Waals surface area contributed by atoms with Crippen LogP contribution in [0.2, 0.25) is 0 Å². The maximum absolute atomic E-state index is 12.3. The number of pyridine rings is 1. The highest BCUT2D eigenvalue weighted by atomic mass is 16.6. The van der Waals surface area contributed by atoms with Crippen LogP contribution in [0.3, 0.4) is 0 Å². The lowest BCUT2D eigenvalue weighted by Gasteiger charge is -2.27. The van der Waals surface area contributed by atoms with Crippen LogP contribution in [-0.4, -0.2) is 35.3 Å². The monoisotopic (exact) mass is 265 g/mol. The number of carbonyl (C=O) groups is 1. The summed E-state index contributed by atoms with van der Waals surface area (Å²) in [7, 11) is 0. The van der Waals surface area contributed by atoms with Crippen LogP contribution >= 0.6 is 0 Å². The second kappa shape index (κ2) is 5.88. The van der Waals surface area contributed by atoms with Crippen molar-refractivity contribution in [3.05, 3.63) is 33.7 Å². The molecular formula is C13H19N3O3. The average Bonchev–Trinajstić information content (AvgIpc) is 2.42. The zero-order valence-corrected chi connectivity index (χ0v) is 11.1. The lowest BCUT2D eigenvalue weighted by Crippen LogP contribution is -2.40. The first-order valence-corrected chi connectivity index (χ1v) is 6.50. The molecule has 1 aliphatic heterocycles. The van der Waals surface area contributed by atoms with Crippen molar-refractivity contribution in [1.82, 2.24) is 9.47 Å². The SMILES string of the molecule is CCOC(=O)N1CCc2ccn(CCN)c(=O)c2C1. The fraction of sp³-hybridized carbons (Fsp3) is 0.538. The standard InChI is InChI=1S/C13H19N3O3/c1-2-19-13(18)16-7-4-10-3-6-15(8-5-14)12(17)11(10)9-16/h3,6H,2,4-5,7-9,14H2,1H3. The second-order valence-corrected chi connectivity index (χ2v) is 4.48. The number of hydrogen-bond acceptors (Lipinski definition) is 4. The molecule has 0 saturated heterocycles. The summed E-state index contributed by atoms with van der Waals surface area (Å²) in [4.78, 5) is 25.5. The molecule has 0 radical (unpaired) electrons. The van der Waals surface area contributed by atoms with Crippen molar-refractivity contribution in [3.8, 4) is 0 Å². The fourth-order valence-corrected chi connectivity index (χ4v) is 2.27. The molecule has 6 heteroatoms. The first-order chi connectivity index (χ1) is 9.17. The molecule has 0 fully saturated rings. The van der Waals surface area contributed by atoms with Gasteiger partial charge in [0.15, 0.2) is 0 Å². The van der Waals surface area contributed by atoms with Crippen LogP contribution in [0.5, 0.6) is 0 Å². The maximum Gasteiger partial charge on any atom is 0.410 e. The van der Waals surface area contributed by atoms with Crippen LogP contribution in [0.1, 0.15) is 18.1 Å². The first kappa shape index (κ1) is 13.6. The molecule has 6 nitrogen and oxygen atoms in total. The van der Waals surface area contributed by atoms with Crippen molar-refractivity contribution < 1.29 is 9.53 Å². The van der Waals surface area contributed by atoms with Gasteiger partial charge in [-0.05, 0) is 25.0 Å². The van der Waals surface area contributed by atoms with E-state index in [4.69, 9.17) is 10.5 Å². The Hall–Kier alpha value is -1.82. The van der Waals surface area contributed by atoms with Crippen molar-refractivity contribution in [2.75, 3.05) is 19.7 Å². The first-order valence-electron chi connectivity index (χ1n) is 6.50. The number of amides is 1. The van der Waals surface area contributed by atoms with Crippen LogP contribution in [-0.2, 0) is 24.2 Å². The van der Waals surface area contributed by atoms with Gasteiger partial charge in [0.1, 0.15) is 0 Å². The number of fused-ring (bicyclic) bond motifs is 1. The summed E-state index contributed by atoms with van der Waals surface area (Å²) >= 11 is 0. The van der Waals surface area contributed by atoms with E-state index in [1.165, 1.54) is 0 Å². The molecule has 104 valence electrons. The number of nitrogens with zero attached hydrogens (tertiary/aromatic N) is 2. The third-order valence-corrected chi connectivity index (χ3v) is 3.26. The van der Waals surface area contributed by atoms with Gasteiger partial charge in [0.05, 0.1) is 13.2 Å². The Balaban J connectivity index is 2.25. The minimum Gasteiger partial charge on any atom is -0.450 e. The van der Waals surface area contributed by atoms with Gasteiger partial charge in [-0.1, -0.05) is 0 Å². The fourth-order valence-electron chi connectivity index (χ4n) is 2.27. The van der Waals surface area contributed by atoms with E-state index in [0.29, 0.717) is 44.8 Å². The van der Waals surface area contributed by atoms with Gasteiger partial charge in [-0.15, -0.1) is 0 Å². The van der Waals surface area contributed by atoms with Crippen molar-refractivity contribution in [2.24, 2.45) is 5.73 Å². The molecule has 1 aromatic heterocycles. The second-order valence-electron chi connectivity index (χ2n) is 4.48. The average molecular weight is 265 g/mol. The highest BCUT2D eigenvalue weighted by Gasteiger charge is 2.24. The molecule has 19 heavy (non-hydrogen) atoms. The highest BCUT2D eigenvalue weighted by Crippen LogP contribution is 2.16. The molecule has 0 saturated carbocycles. The summed E-state index contributed by atoms with van der Waals surface area (Å²) < 4.78 is 6.56. The zero-order valence-electron chi connectivity index (χ0n) is 11.1. The Morgan fingerprint density at radius 1 is 1.53 bits per heavy atom. The topological polar surface area (TPSA) is 77.6 Å². The Kier molecular flexibility index (Phi) is 4.21. The molecule has 0 spiro atoms. The summed E-state index contributed by atoms with van der Waals surface area (Å²) in [5, 5.41) is 0. The van der Waals surface area contributed by atoms with Gasteiger partial charge in [-0.25, -0.2) is 4.79 Å². The molecule has 0 bridgehead atoms. The summed E-state index contributed by atoms with van der Waals surface area (Å²) in [5.74, 6) is 0. The molecule has 2 rings (SSSR count). The molecule has 1 aliphatic rings. The van der Waals surface area contributed by atoms with Gasteiger partial charge in [-0.3, -0.25) is 4.79 Å².